The normalized spacial score (nSPS) is 47.9. The number of fused-ring (bicyclic) bond motifs is 5. The molecule has 0 aromatic rings. The molecule has 4 aliphatic carbocycles. The molecule has 0 bridgehead atoms. The average Bonchev–Trinajstić information content (AvgIpc) is 3.00. The molecule has 4 rings (SSSR count). The topological polar surface area (TPSA) is 40.5 Å². The molecule has 9 atom stereocenters. The number of aliphatic hydroxyl groups excluding tert-OH is 2. The molecule has 3 saturated carbocycles. The zero-order valence-corrected chi connectivity index (χ0v) is 19.7. The third-order valence-corrected chi connectivity index (χ3v) is 10.3. The van der Waals surface area contributed by atoms with Gasteiger partial charge in [0.25, 0.3) is 0 Å². The smallest absolute Gasteiger partial charge is 0.0757 e. The highest BCUT2D eigenvalue weighted by molar-refractivity contribution is 5.27. The summed E-state index contributed by atoms with van der Waals surface area (Å²) in [6.45, 7) is 12.2. The van der Waals surface area contributed by atoms with Gasteiger partial charge in [-0.15, -0.1) is 0 Å². The highest BCUT2D eigenvalue weighted by Crippen LogP contribution is 2.67. The van der Waals surface area contributed by atoms with E-state index >= 15 is 0 Å². The first-order valence-electron chi connectivity index (χ1n) is 12.7. The largest absolute Gasteiger partial charge is 0.393 e. The predicted molar refractivity (Wildman–Crippen MR) is 120 cm³/mol. The van der Waals surface area contributed by atoms with E-state index in [2.05, 4.69) is 40.7 Å². The van der Waals surface area contributed by atoms with Gasteiger partial charge in [0.05, 0.1) is 12.2 Å². The summed E-state index contributed by atoms with van der Waals surface area (Å²) in [6, 6.07) is 0. The lowest BCUT2D eigenvalue weighted by atomic mass is 9.46. The Morgan fingerprint density at radius 3 is 2.45 bits per heavy atom. The van der Waals surface area contributed by atoms with Gasteiger partial charge in [-0.1, -0.05) is 65.5 Å². The van der Waals surface area contributed by atoms with Crippen LogP contribution in [0.15, 0.2) is 11.6 Å². The lowest BCUT2D eigenvalue weighted by molar-refractivity contribution is -0.0970. The summed E-state index contributed by atoms with van der Waals surface area (Å²) in [5.74, 6) is 4.18. The lowest BCUT2D eigenvalue weighted by Crippen LogP contribution is -2.54. The Kier molecular flexibility index (Phi) is 6.01. The van der Waals surface area contributed by atoms with Gasteiger partial charge in [0, 0.05) is 0 Å². The Balaban J connectivity index is 1.54. The van der Waals surface area contributed by atoms with Gasteiger partial charge in [0.15, 0.2) is 0 Å². The molecule has 0 saturated heterocycles. The molecular weight excluding hydrogens is 356 g/mol. The maximum absolute atomic E-state index is 11.3. The van der Waals surface area contributed by atoms with Crippen LogP contribution in [0.5, 0.6) is 0 Å². The van der Waals surface area contributed by atoms with Gasteiger partial charge in [0.2, 0.25) is 0 Å². The van der Waals surface area contributed by atoms with Crippen molar-refractivity contribution in [3.8, 4) is 0 Å². The molecule has 0 amide bonds. The van der Waals surface area contributed by atoms with Crippen LogP contribution < -0.4 is 0 Å². The van der Waals surface area contributed by atoms with Gasteiger partial charge in [-0.2, -0.15) is 0 Å². The SMILES string of the molecule is CC(C)CCCC(C)C1CCC2C3C(CCC12C)C1(C)CC[C@@H](O)CC1=C[C@H]3O. The summed E-state index contributed by atoms with van der Waals surface area (Å²) >= 11 is 0. The molecule has 0 heterocycles. The van der Waals surface area contributed by atoms with E-state index in [0.29, 0.717) is 23.2 Å². The first kappa shape index (κ1) is 21.9. The fourth-order valence-electron chi connectivity index (χ4n) is 8.65. The van der Waals surface area contributed by atoms with Crippen LogP contribution in [-0.2, 0) is 0 Å². The van der Waals surface area contributed by atoms with Crippen LogP contribution in [0, 0.1) is 46.3 Å². The van der Waals surface area contributed by atoms with Crippen molar-refractivity contribution in [3.05, 3.63) is 11.6 Å². The Morgan fingerprint density at radius 1 is 0.966 bits per heavy atom. The summed E-state index contributed by atoms with van der Waals surface area (Å²) in [5.41, 5.74) is 1.99. The van der Waals surface area contributed by atoms with E-state index < -0.39 is 0 Å². The van der Waals surface area contributed by atoms with E-state index in [9.17, 15) is 10.2 Å². The third-order valence-electron chi connectivity index (χ3n) is 10.3. The standard InChI is InChI=1S/C27H46O2/c1-17(2)7-6-8-18(3)21-9-10-22-25-23(12-14-27(21,22)5)26(4)13-11-20(28)15-19(26)16-24(25)29/h16-18,20-25,28-29H,6-15H2,1-5H3/t18?,20-,21?,22?,23?,24-,25?,26?,27?/m1/s1. The van der Waals surface area contributed by atoms with Crippen LogP contribution in [0.25, 0.3) is 0 Å². The molecular formula is C27H46O2. The zero-order valence-electron chi connectivity index (χ0n) is 19.7. The number of hydrogen-bond donors (Lipinski definition) is 2. The van der Waals surface area contributed by atoms with Crippen molar-refractivity contribution in [1.82, 2.24) is 0 Å². The van der Waals surface area contributed by atoms with Crippen LogP contribution in [0.1, 0.15) is 98.8 Å². The van der Waals surface area contributed by atoms with Crippen LogP contribution in [0.2, 0.25) is 0 Å². The highest BCUT2D eigenvalue weighted by Gasteiger charge is 2.61. The monoisotopic (exact) mass is 402 g/mol. The van der Waals surface area contributed by atoms with Crippen LogP contribution >= 0.6 is 0 Å². The Hall–Kier alpha value is -0.340. The molecule has 2 N–H and O–H groups in total. The van der Waals surface area contributed by atoms with Crippen LogP contribution in [0.3, 0.4) is 0 Å². The minimum atomic E-state index is -0.298. The van der Waals surface area contributed by atoms with Gasteiger partial charge in [-0.05, 0) is 91.3 Å². The first-order valence-corrected chi connectivity index (χ1v) is 12.7. The van der Waals surface area contributed by atoms with Crippen molar-refractivity contribution in [1.29, 1.82) is 0 Å². The van der Waals surface area contributed by atoms with E-state index in [0.717, 1.165) is 37.0 Å². The molecule has 0 aliphatic heterocycles. The third kappa shape index (κ3) is 3.65. The zero-order chi connectivity index (χ0) is 21.0. The van der Waals surface area contributed by atoms with Crippen molar-refractivity contribution in [2.75, 3.05) is 0 Å². The quantitative estimate of drug-likeness (QED) is 0.525. The maximum Gasteiger partial charge on any atom is 0.0757 e. The number of aliphatic hydroxyl groups is 2. The fourth-order valence-corrected chi connectivity index (χ4v) is 8.65. The fraction of sp³-hybridized carbons (Fsp3) is 0.926. The summed E-state index contributed by atoms with van der Waals surface area (Å²) in [7, 11) is 0. The van der Waals surface area contributed by atoms with Gasteiger partial charge >= 0.3 is 0 Å². The molecule has 7 unspecified atom stereocenters. The van der Waals surface area contributed by atoms with E-state index in [1.54, 1.807) is 0 Å². The highest BCUT2D eigenvalue weighted by atomic mass is 16.3. The minimum absolute atomic E-state index is 0.200. The van der Waals surface area contributed by atoms with Gasteiger partial charge in [0.1, 0.15) is 0 Å². The molecule has 2 heteroatoms. The summed E-state index contributed by atoms with van der Waals surface area (Å²) in [5, 5.41) is 21.5. The number of rotatable bonds is 5. The molecule has 0 spiro atoms. The second-order valence-corrected chi connectivity index (χ2v) is 12.3. The molecule has 0 radical (unpaired) electrons. The van der Waals surface area contributed by atoms with Gasteiger partial charge in [-0.25, -0.2) is 0 Å². The van der Waals surface area contributed by atoms with E-state index in [1.807, 2.05) is 0 Å². The van der Waals surface area contributed by atoms with E-state index in [-0.39, 0.29) is 17.6 Å². The Labute approximate surface area is 179 Å². The van der Waals surface area contributed by atoms with Gasteiger partial charge in [-0.3, -0.25) is 0 Å². The summed E-state index contributed by atoms with van der Waals surface area (Å²) in [6.07, 6.45) is 13.9. The van der Waals surface area contributed by atoms with Crippen molar-refractivity contribution in [3.63, 3.8) is 0 Å². The molecule has 166 valence electrons. The molecule has 3 fully saturated rings. The maximum atomic E-state index is 11.3. The van der Waals surface area contributed by atoms with Crippen molar-refractivity contribution < 1.29 is 10.2 Å². The minimum Gasteiger partial charge on any atom is -0.393 e. The molecule has 2 nitrogen and oxygen atoms in total. The average molecular weight is 403 g/mol. The van der Waals surface area contributed by atoms with E-state index in [1.165, 1.54) is 50.5 Å². The summed E-state index contributed by atoms with van der Waals surface area (Å²) in [4.78, 5) is 0. The number of hydrogen-bond acceptors (Lipinski definition) is 2. The predicted octanol–water partition coefficient (Wildman–Crippen LogP) is 6.36. The van der Waals surface area contributed by atoms with Crippen LogP contribution in [-0.4, -0.2) is 22.4 Å². The molecule has 0 aromatic carbocycles. The first-order chi connectivity index (χ1) is 13.7. The molecule has 29 heavy (non-hydrogen) atoms. The Morgan fingerprint density at radius 2 is 1.72 bits per heavy atom. The van der Waals surface area contributed by atoms with Crippen molar-refractivity contribution in [2.24, 2.45) is 46.3 Å². The van der Waals surface area contributed by atoms with Gasteiger partial charge < -0.3 is 10.2 Å². The molecule has 4 aliphatic rings. The second-order valence-electron chi connectivity index (χ2n) is 12.3. The second kappa shape index (κ2) is 7.97. The molecule has 0 aromatic heterocycles. The van der Waals surface area contributed by atoms with Crippen LogP contribution in [0.4, 0.5) is 0 Å². The summed E-state index contributed by atoms with van der Waals surface area (Å²) < 4.78 is 0. The van der Waals surface area contributed by atoms with Crippen molar-refractivity contribution >= 4 is 0 Å². The van der Waals surface area contributed by atoms with Crippen molar-refractivity contribution in [2.45, 2.75) is 111 Å². The Bertz CT molecular complexity index is 624. The lowest BCUT2D eigenvalue weighted by Gasteiger charge is -2.59. The van der Waals surface area contributed by atoms with E-state index in [4.69, 9.17) is 0 Å².